The summed E-state index contributed by atoms with van der Waals surface area (Å²) >= 11 is 0. The normalized spacial score (nSPS) is 47.5. The minimum Gasteiger partial charge on any atom is -0.455 e. The predicted molar refractivity (Wildman–Crippen MR) is 116 cm³/mol. The number of allylic oxidation sites excluding steroid dienone is 1. The third-order valence-electron chi connectivity index (χ3n) is 9.05. The molecule has 0 spiro atoms. The Kier molecular flexibility index (Phi) is 5.18. The van der Waals surface area contributed by atoms with Crippen LogP contribution in [0, 0.1) is 29.1 Å². The fourth-order valence-electron chi connectivity index (χ4n) is 7.09. The Morgan fingerprint density at radius 1 is 1.31 bits per heavy atom. The second-order valence-corrected chi connectivity index (χ2v) is 10.5. The van der Waals surface area contributed by atoms with Gasteiger partial charge in [-0.1, -0.05) is 26.0 Å². The third kappa shape index (κ3) is 2.62. The molecular weight excluding hydrogens is 412 g/mol. The third-order valence-corrected chi connectivity index (χ3v) is 9.05. The van der Waals surface area contributed by atoms with Gasteiger partial charge in [0.1, 0.15) is 5.60 Å². The minimum absolute atomic E-state index is 0.235. The van der Waals surface area contributed by atoms with E-state index in [0.29, 0.717) is 23.1 Å². The zero-order valence-corrected chi connectivity index (χ0v) is 19.4. The zero-order valence-electron chi connectivity index (χ0n) is 19.4. The number of aliphatic hydroxyl groups is 4. The summed E-state index contributed by atoms with van der Waals surface area (Å²) in [4.78, 5) is 25.7. The molecule has 2 fully saturated rings. The molecule has 0 aromatic carbocycles. The summed E-state index contributed by atoms with van der Waals surface area (Å²) in [5.74, 6) is -3.19. The van der Waals surface area contributed by atoms with Crippen LogP contribution in [0.25, 0.3) is 0 Å². The van der Waals surface area contributed by atoms with Gasteiger partial charge in [0.2, 0.25) is 0 Å². The van der Waals surface area contributed by atoms with Gasteiger partial charge in [0.05, 0.1) is 18.8 Å². The van der Waals surface area contributed by atoms with Crippen LogP contribution in [0.5, 0.6) is 0 Å². The van der Waals surface area contributed by atoms with Gasteiger partial charge in [-0.15, -0.1) is 0 Å². The van der Waals surface area contributed by atoms with Gasteiger partial charge in [0.25, 0.3) is 0 Å². The van der Waals surface area contributed by atoms with Crippen LogP contribution in [-0.2, 0) is 14.3 Å². The molecule has 7 heteroatoms. The van der Waals surface area contributed by atoms with E-state index in [-0.39, 0.29) is 19.6 Å². The molecule has 0 aromatic rings. The quantitative estimate of drug-likeness (QED) is 0.293. The van der Waals surface area contributed by atoms with Gasteiger partial charge in [-0.05, 0) is 62.7 Å². The molecule has 0 saturated heterocycles. The number of carbonyl (C=O) groups is 2. The molecule has 0 radical (unpaired) electrons. The first-order valence-electron chi connectivity index (χ1n) is 11.3. The molecule has 4 rings (SSSR count). The molecule has 2 saturated carbocycles. The molecule has 176 valence electrons. The fourth-order valence-corrected chi connectivity index (χ4v) is 7.09. The molecule has 32 heavy (non-hydrogen) atoms. The first-order chi connectivity index (χ1) is 14.9. The molecular formula is C25H34O7. The van der Waals surface area contributed by atoms with Crippen molar-refractivity contribution in [3.63, 3.8) is 0 Å². The average molecular weight is 447 g/mol. The molecule has 7 nitrogen and oxygen atoms in total. The van der Waals surface area contributed by atoms with E-state index in [2.05, 4.69) is 0 Å². The van der Waals surface area contributed by atoms with Crippen LogP contribution >= 0.6 is 0 Å². The maximum atomic E-state index is 12.9. The van der Waals surface area contributed by atoms with Gasteiger partial charge in [-0.2, -0.15) is 0 Å². The van der Waals surface area contributed by atoms with Crippen LogP contribution in [-0.4, -0.2) is 62.2 Å². The lowest BCUT2D eigenvalue weighted by Gasteiger charge is -2.51. The molecule has 0 bridgehead atoms. The van der Waals surface area contributed by atoms with Gasteiger partial charge >= 0.3 is 5.97 Å². The van der Waals surface area contributed by atoms with E-state index >= 15 is 0 Å². The average Bonchev–Trinajstić information content (AvgIpc) is 3.22. The van der Waals surface area contributed by atoms with Crippen molar-refractivity contribution in [2.75, 3.05) is 13.2 Å². The van der Waals surface area contributed by atoms with Crippen molar-refractivity contribution in [1.29, 1.82) is 0 Å². The van der Waals surface area contributed by atoms with E-state index in [1.165, 1.54) is 6.08 Å². The number of rotatable bonds is 4. The van der Waals surface area contributed by atoms with Gasteiger partial charge in [-0.3, -0.25) is 4.79 Å². The van der Waals surface area contributed by atoms with E-state index in [9.17, 15) is 30.0 Å². The number of aliphatic hydroxyl groups excluding tert-OH is 2. The number of ketones is 1. The van der Waals surface area contributed by atoms with Crippen LogP contribution < -0.4 is 0 Å². The van der Waals surface area contributed by atoms with Crippen LogP contribution in [0.3, 0.4) is 0 Å². The lowest BCUT2D eigenvalue weighted by atomic mass is 9.59. The minimum atomic E-state index is -1.93. The molecule has 4 N–H and O–H groups in total. The summed E-state index contributed by atoms with van der Waals surface area (Å²) in [5, 5.41) is 44.1. The van der Waals surface area contributed by atoms with Crippen molar-refractivity contribution >= 4 is 11.8 Å². The molecule has 8 atom stereocenters. The number of esters is 1. The zero-order chi connectivity index (χ0) is 23.9. The van der Waals surface area contributed by atoms with Crippen molar-refractivity contribution in [1.82, 2.24) is 0 Å². The van der Waals surface area contributed by atoms with Crippen molar-refractivity contribution in [2.45, 2.75) is 64.3 Å². The SMILES string of the molecule is C/C=C(\C)C(=O)O[C@@]12C[C@@H](C)[C@@]3(O)[C@@H](CC(CO)=C[C@]4(O)C(=O)C(C)=C[C@@H]34)[C@@H]1[C@@]2(C)CO. The van der Waals surface area contributed by atoms with Gasteiger partial charge in [0.15, 0.2) is 11.4 Å². The predicted octanol–water partition coefficient (Wildman–Crippen LogP) is 1.45. The molecule has 0 unspecified atom stereocenters. The Bertz CT molecular complexity index is 963. The Balaban J connectivity index is 1.85. The molecule has 4 aliphatic carbocycles. The van der Waals surface area contributed by atoms with Gasteiger partial charge in [0, 0.05) is 22.8 Å². The maximum absolute atomic E-state index is 12.9. The smallest absolute Gasteiger partial charge is 0.333 e. The van der Waals surface area contributed by atoms with Gasteiger partial charge < -0.3 is 25.2 Å². The molecule has 0 aliphatic heterocycles. The molecule has 4 aliphatic rings. The topological polar surface area (TPSA) is 124 Å². The van der Waals surface area contributed by atoms with Crippen LogP contribution in [0.1, 0.15) is 47.5 Å². The van der Waals surface area contributed by atoms with Crippen molar-refractivity contribution in [3.8, 4) is 0 Å². The van der Waals surface area contributed by atoms with Crippen LogP contribution in [0.4, 0.5) is 0 Å². The molecule has 0 amide bonds. The highest BCUT2D eigenvalue weighted by atomic mass is 16.6. The van der Waals surface area contributed by atoms with E-state index in [1.54, 1.807) is 32.9 Å². The first-order valence-corrected chi connectivity index (χ1v) is 11.3. The molecule has 0 heterocycles. The highest BCUT2D eigenvalue weighted by Gasteiger charge is 2.84. The van der Waals surface area contributed by atoms with Gasteiger partial charge in [-0.25, -0.2) is 4.79 Å². The van der Waals surface area contributed by atoms with Crippen molar-refractivity contribution in [2.24, 2.45) is 29.1 Å². The summed E-state index contributed by atoms with van der Waals surface area (Å²) in [6, 6.07) is 0. The number of hydrogen-bond donors (Lipinski definition) is 4. The van der Waals surface area contributed by atoms with E-state index in [0.717, 1.165) is 0 Å². The summed E-state index contributed by atoms with van der Waals surface area (Å²) in [6.07, 6.45) is 5.26. The Hall–Kier alpha value is -1.80. The number of fused-ring (bicyclic) bond motifs is 5. The van der Waals surface area contributed by atoms with E-state index < -0.39 is 57.6 Å². The number of ether oxygens (including phenoxy) is 1. The van der Waals surface area contributed by atoms with Crippen molar-refractivity contribution < 1.29 is 34.8 Å². The second kappa shape index (κ2) is 7.10. The highest BCUT2D eigenvalue weighted by molar-refractivity contribution is 6.06. The first kappa shape index (κ1) is 23.4. The summed E-state index contributed by atoms with van der Waals surface area (Å²) in [7, 11) is 0. The monoisotopic (exact) mass is 446 g/mol. The summed E-state index contributed by atoms with van der Waals surface area (Å²) in [6.45, 7) is 8.14. The number of carbonyl (C=O) groups excluding carboxylic acids is 2. The maximum Gasteiger partial charge on any atom is 0.333 e. The lowest BCUT2D eigenvalue weighted by molar-refractivity contribution is -0.186. The summed E-state index contributed by atoms with van der Waals surface area (Å²) < 4.78 is 6.06. The molecule has 0 aromatic heterocycles. The fraction of sp³-hybridized carbons (Fsp3) is 0.680. The van der Waals surface area contributed by atoms with E-state index in [4.69, 9.17) is 4.74 Å². The van der Waals surface area contributed by atoms with E-state index in [1.807, 2.05) is 13.8 Å². The Morgan fingerprint density at radius 3 is 2.53 bits per heavy atom. The summed E-state index contributed by atoms with van der Waals surface area (Å²) in [5.41, 5.74) is -3.87. The Labute approximate surface area is 188 Å². The Morgan fingerprint density at radius 2 is 1.97 bits per heavy atom. The largest absolute Gasteiger partial charge is 0.455 e. The standard InChI is InChI=1S/C25H34O7/c1-6-13(2)21(29)32-24-9-15(4)25(31)17(19(24)22(24,5)12-27)8-16(11-26)10-23(30)18(25)7-14(3)20(23)28/h6-7,10,15,17-19,26-27,30-31H,8-9,11-12H2,1-5H3/b13-6+/t15-,17+,18-,19-,22-,23-,24+,25-/m1/s1. The lowest BCUT2D eigenvalue weighted by Crippen LogP contribution is -2.61. The number of Topliss-reactive ketones (excluding diaryl/α,β-unsaturated/α-hetero) is 1. The van der Waals surface area contributed by atoms with Crippen LogP contribution in [0.15, 0.2) is 34.9 Å². The van der Waals surface area contributed by atoms with Crippen LogP contribution in [0.2, 0.25) is 0 Å². The number of hydrogen-bond acceptors (Lipinski definition) is 7. The second-order valence-electron chi connectivity index (χ2n) is 10.5. The highest BCUT2D eigenvalue weighted by Crippen LogP contribution is 2.77. The van der Waals surface area contributed by atoms with Crippen molar-refractivity contribution in [3.05, 3.63) is 34.9 Å².